The summed E-state index contributed by atoms with van der Waals surface area (Å²) in [5.41, 5.74) is 0. The van der Waals surface area contributed by atoms with E-state index in [1.807, 2.05) is 0 Å². The van der Waals surface area contributed by atoms with Gasteiger partial charge in [-0.1, -0.05) is 25.7 Å². The third-order valence-electron chi connectivity index (χ3n) is 7.94. The van der Waals surface area contributed by atoms with Crippen LogP contribution in [0.2, 0.25) is 0 Å². The second kappa shape index (κ2) is 12.8. The van der Waals surface area contributed by atoms with E-state index in [-0.39, 0.29) is 30.7 Å². The van der Waals surface area contributed by atoms with E-state index in [2.05, 4.69) is 4.74 Å². The Morgan fingerprint density at radius 2 is 1.31 bits per heavy atom. The van der Waals surface area contributed by atoms with Gasteiger partial charge in [-0.15, -0.1) is 11.8 Å². The predicted molar refractivity (Wildman–Crippen MR) is 131 cm³/mol. The molecule has 2 saturated carbocycles. The van der Waals surface area contributed by atoms with Crippen molar-refractivity contribution in [1.82, 2.24) is 4.90 Å². The molecule has 1 heterocycles. The average Bonchev–Trinajstić information content (AvgIpc) is 3.11. The molecule has 1 atom stereocenters. The highest BCUT2D eigenvalue weighted by Crippen LogP contribution is 2.36. The summed E-state index contributed by atoms with van der Waals surface area (Å²) in [4.78, 5) is 51.5. The zero-order chi connectivity index (χ0) is 28.3. The van der Waals surface area contributed by atoms with Crippen LogP contribution in [0.15, 0.2) is 0 Å². The molecular formula is C27H30F5NO5S. The van der Waals surface area contributed by atoms with Gasteiger partial charge in [0.2, 0.25) is 46.6 Å². The molecule has 1 aromatic carbocycles. The van der Waals surface area contributed by atoms with Crippen LogP contribution in [0.5, 0.6) is 5.75 Å². The minimum absolute atomic E-state index is 0.0291. The van der Waals surface area contributed by atoms with Crippen LogP contribution in [0.4, 0.5) is 22.0 Å². The number of halogens is 5. The van der Waals surface area contributed by atoms with E-state index in [4.69, 9.17) is 0 Å². The summed E-state index contributed by atoms with van der Waals surface area (Å²) in [7, 11) is 0. The number of hydrogen-bond donors (Lipinski definition) is 0. The molecule has 12 heteroatoms. The number of nitrogens with zero attached hydrogens (tertiary/aromatic N) is 1. The molecule has 0 spiro atoms. The number of ketones is 1. The summed E-state index contributed by atoms with van der Waals surface area (Å²) in [6, 6.07) is 0. The SMILES string of the molecule is O=C(CSC1CC(=O)N(CC2CCC(C(=O)C3CCCCCC3)CC2)C1=O)Oc1c(F)c(F)c(F)c(F)c1F. The van der Waals surface area contributed by atoms with E-state index in [1.165, 1.54) is 12.8 Å². The molecule has 2 amide bonds. The highest BCUT2D eigenvalue weighted by atomic mass is 32.2. The van der Waals surface area contributed by atoms with Gasteiger partial charge in [0.15, 0.2) is 0 Å². The molecule has 0 aromatic heterocycles. The first-order valence-electron chi connectivity index (χ1n) is 13.3. The number of Topliss-reactive ketones (excluding diaryl/α,β-unsaturated/α-hetero) is 1. The average molecular weight is 576 g/mol. The first kappa shape index (κ1) is 29.5. The lowest BCUT2D eigenvalue weighted by molar-refractivity contribution is -0.139. The summed E-state index contributed by atoms with van der Waals surface area (Å²) in [5, 5.41) is -0.936. The van der Waals surface area contributed by atoms with Gasteiger partial charge < -0.3 is 4.74 Å². The number of thioether (sulfide) groups is 1. The molecule has 1 aromatic rings. The van der Waals surface area contributed by atoms with Crippen LogP contribution in [-0.4, -0.2) is 46.0 Å². The normalized spacial score (nSPS) is 24.6. The van der Waals surface area contributed by atoms with Gasteiger partial charge in [-0.05, 0) is 44.4 Å². The van der Waals surface area contributed by atoms with Gasteiger partial charge in [-0.25, -0.2) is 13.2 Å². The van der Waals surface area contributed by atoms with Crippen molar-refractivity contribution in [3.63, 3.8) is 0 Å². The minimum atomic E-state index is -2.38. The van der Waals surface area contributed by atoms with Crippen LogP contribution in [0, 0.1) is 46.8 Å². The number of carbonyl (C=O) groups is 4. The standard InChI is InChI=1S/C27H30F5NO5S/c28-20-21(29)23(31)26(24(32)22(20)30)38-19(35)13-39-17-11-18(34)33(27(17)37)12-14-7-9-16(10-8-14)25(36)15-5-3-1-2-4-6-15/h14-17H,1-13H2. The lowest BCUT2D eigenvalue weighted by Gasteiger charge is -2.31. The molecule has 1 saturated heterocycles. The topological polar surface area (TPSA) is 80.8 Å². The van der Waals surface area contributed by atoms with E-state index < -0.39 is 63.6 Å². The van der Waals surface area contributed by atoms with Crippen molar-refractivity contribution in [1.29, 1.82) is 0 Å². The van der Waals surface area contributed by atoms with Crippen LogP contribution >= 0.6 is 11.8 Å². The fourth-order valence-electron chi connectivity index (χ4n) is 5.75. The van der Waals surface area contributed by atoms with E-state index in [1.54, 1.807) is 0 Å². The maximum Gasteiger partial charge on any atom is 0.321 e. The number of hydrogen-bond acceptors (Lipinski definition) is 6. The van der Waals surface area contributed by atoms with Crippen LogP contribution in [0.3, 0.4) is 0 Å². The van der Waals surface area contributed by atoms with Crippen molar-refractivity contribution in [3.05, 3.63) is 29.1 Å². The highest BCUT2D eigenvalue weighted by molar-refractivity contribution is 8.01. The number of esters is 1. The summed E-state index contributed by atoms with van der Waals surface area (Å²) in [5.74, 6) is -15.5. The minimum Gasteiger partial charge on any atom is -0.419 e. The number of imide groups is 1. The number of amides is 2. The third kappa shape index (κ3) is 6.63. The Morgan fingerprint density at radius 3 is 1.90 bits per heavy atom. The van der Waals surface area contributed by atoms with Crippen molar-refractivity contribution >= 4 is 35.3 Å². The number of likely N-dealkylation sites (tertiary alicyclic amines) is 1. The number of rotatable bonds is 8. The van der Waals surface area contributed by atoms with Crippen molar-refractivity contribution in [2.24, 2.45) is 17.8 Å². The van der Waals surface area contributed by atoms with Crippen molar-refractivity contribution in [2.45, 2.75) is 75.9 Å². The van der Waals surface area contributed by atoms with Gasteiger partial charge in [-0.3, -0.25) is 24.1 Å². The lowest BCUT2D eigenvalue weighted by Crippen LogP contribution is -2.38. The lowest BCUT2D eigenvalue weighted by atomic mass is 9.75. The number of ether oxygens (including phenoxy) is 1. The van der Waals surface area contributed by atoms with Crippen LogP contribution in [0.25, 0.3) is 0 Å². The zero-order valence-electron chi connectivity index (χ0n) is 21.3. The molecule has 1 aliphatic heterocycles. The first-order chi connectivity index (χ1) is 18.6. The maximum absolute atomic E-state index is 13.7. The Bertz CT molecular complexity index is 1100. The van der Waals surface area contributed by atoms with E-state index in [0.29, 0.717) is 17.5 Å². The van der Waals surface area contributed by atoms with Gasteiger partial charge in [-0.2, -0.15) is 8.78 Å². The predicted octanol–water partition coefficient (Wildman–Crippen LogP) is 5.49. The van der Waals surface area contributed by atoms with Crippen molar-refractivity contribution in [3.8, 4) is 5.75 Å². The second-order valence-corrected chi connectivity index (χ2v) is 11.7. The summed E-state index contributed by atoms with van der Waals surface area (Å²) < 4.78 is 71.6. The molecule has 39 heavy (non-hydrogen) atoms. The highest BCUT2D eigenvalue weighted by Gasteiger charge is 2.41. The molecule has 2 aliphatic carbocycles. The first-order valence-corrected chi connectivity index (χ1v) is 14.3. The molecule has 4 rings (SSSR count). The molecule has 3 aliphatic rings. The van der Waals surface area contributed by atoms with Gasteiger partial charge in [0.05, 0.1) is 11.0 Å². The second-order valence-electron chi connectivity index (χ2n) is 10.5. The molecule has 3 fully saturated rings. The Balaban J connectivity index is 1.25. The van der Waals surface area contributed by atoms with E-state index in [9.17, 15) is 41.1 Å². The fraction of sp³-hybridized carbons (Fsp3) is 0.630. The monoisotopic (exact) mass is 575 g/mol. The summed E-state index contributed by atoms with van der Waals surface area (Å²) >= 11 is 0.696. The third-order valence-corrected chi connectivity index (χ3v) is 9.11. The Kier molecular flexibility index (Phi) is 9.66. The molecule has 1 unspecified atom stereocenters. The number of benzene rings is 1. The van der Waals surface area contributed by atoms with Gasteiger partial charge >= 0.3 is 5.97 Å². The molecule has 6 nitrogen and oxygen atoms in total. The zero-order valence-corrected chi connectivity index (χ0v) is 22.1. The number of carbonyl (C=O) groups excluding carboxylic acids is 4. The molecule has 214 valence electrons. The van der Waals surface area contributed by atoms with Crippen molar-refractivity contribution in [2.75, 3.05) is 12.3 Å². The van der Waals surface area contributed by atoms with Crippen LogP contribution in [-0.2, 0) is 19.2 Å². The van der Waals surface area contributed by atoms with E-state index in [0.717, 1.165) is 56.3 Å². The fourth-order valence-corrected chi connectivity index (χ4v) is 6.67. The van der Waals surface area contributed by atoms with Crippen molar-refractivity contribution < 1.29 is 45.9 Å². The van der Waals surface area contributed by atoms with E-state index >= 15 is 0 Å². The molecular weight excluding hydrogens is 545 g/mol. The Morgan fingerprint density at radius 1 is 0.769 bits per heavy atom. The summed E-state index contributed by atoms with van der Waals surface area (Å²) in [6.45, 7) is 0.216. The summed E-state index contributed by atoms with van der Waals surface area (Å²) in [6.07, 6.45) is 9.22. The Hall–Kier alpha value is -2.50. The molecule has 0 N–H and O–H groups in total. The largest absolute Gasteiger partial charge is 0.419 e. The maximum atomic E-state index is 13.7. The van der Waals surface area contributed by atoms with Crippen LogP contribution < -0.4 is 4.74 Å². The molecule has 0 bridgehead atoms. The van der Waals surface area contributed by atoms with Gasteiger partial charge in [0.1, 0.15) is 5.78 Å². The molecule has 0 radical (unpaired) electrons. The van der Waals surface area contributed by atoms with Gasteiger partial charge in [0.25, 0.3) is 0 Å². The Labute approximate surface area is 227 Å². The van der Waals surface area contributed by atoms with Gasteiger partial charge in [0, 0.05) is 24.8 Å². The quantitative estimate of drug-likeness (QED) is 0.0776. The smallest absolute Gasteiger partial charge is 0.321 e. The van der Waals surface area contributed by atoms with Crippen LogP contribution in [0.1, 0.15) is 70.6 Å².